The highest BCUT2D eigenvalue weighted by Crippen LogP contribution is 2.28. The van der Waals surface area contributed by atoms with Gasteiger partial charge in [-0.25, -0.2) is 0 Å². The van der Waals surface area contributed by atoms with Crippen LogP contribution in [0.2, 0.25) is 0 Å². The molecule has 0 aromatic heterocycles. The summed E-state index contributed by atoms with van der Waals surface area (Å²) >= 11 is 0. The molecule has 1 aliphatic carbocycles. The molecule has 0 saturated heterocycles. The van der Waals surface area contributed by atoms with E-state index in [-0.39, 0.29) is 37.6 Å². The number of nitrogens with zero attached hydrogens (tertiary/aromatic N) is 1. The van der Waals surface area contributed by atoms with Crippen LogP contribution in [0, 0.1) is 0 Å². The van der Waals surface area contributed by atoms with Gasteiger partial charge in [-0.1, -0.05) is 12.8 Å². The van der Waals surface area contributed by atoms with Gasteiger partial charge in [-0.05, 0) is 26.7 Å². The Morgan fingerprint density at radius 2 is 1.91 bits per heavy atom. The maximum absolute atomic E-state index is 12.3. The summed E-state index contributed by atoms with van der Waals surface area (Å²) in [7, 11) is 1.68. The Kier molecular flexibility index (Phi) is 10.2. The third kappa shape index (κ3) is 7.24. The van der Waals surface area contributed by atoms with Gasteiger partial charge in [0.05, 0.1) is 37.6 Å². The zero-order valence-corrected chi connectivity index (χ0v) is 14.7. The van der Waals surface area contributed by atoms with Gasteiger partial charge in [0.1, 0.15) is 0 Å². The van der Waals surface area contributed by atoms with Crippen molar-refractivity contribution in [3.05, 3.63) is 0 Å². The molecule has 0 aliphatic heterocycles. The summed E-state index contributed by atoms with van der Waals surface area (Å²) < 4.78 is 10.7. The summed E-state index contributed by atoms with van der Waals surface area (Å²) in [6.45, 7) is 5.29. The molecule has 1 fully saturated rings. The number of halogens is 1. The molecule has 3 N–H and O–H groups in total. The minimum atomic E-state index is -0.736. The molecule has 1 saturated carbocycles. The van der Waals surface area contributed by atoms with Crippen molar-refractivity contribution in [1.82, 2.24) is 4.90 Å². The number of carbonyl (C=O) groups is 1. The SMILES string of the molecule is CC(C)OCCOCC(O)CN(C)C(=O)C1(N)CCCC1.Cl. The molecule has 7 heteroatoms. The second-order valence-electron chi connectivity index (χ2n) is 6.20. The van der Waals surface area contributed by atoms with E-state index in [1.54, 1.807) is 7.05 Å². The first kappa shape index (κ1) is 21.6. The molecule has 6 nitrogen and oxygen atoms in total. The van der Waals surface area contributed by atoms with Gasteiger partial charge in [0.2, 0.25) is 5.91 Å². The van der Waals surface area contributed by atoms with Gasteiger partial charge in [0.25, 0.3) is 0 Å². The first-order valence-electron chi connectivity index (χ1n) is 7.77. The fourth-order valence-corrected chi connectivity index (χ4v) is 2.61. The largest absolute Gasteiger partial charge is 0.389 e. The molecular formula is C15H31ClN2O4. The number of ether oxygens (including phenoxy) is 2. The molecule has 0 heterocycles. The van der Waals surface area contributed by atoms with Crippen molar-refractivity contribution in [2.75, 3.05) is 33.4 Å². The number of carbonyl (C=O) groups excluding carboxylic acids is 1. The summed E-state index contributed by atoms with van der Waals surface area (Å²) in [5, 5.41) is 9.90. The van der Waals surface area contributed by atoms with E-state index < -0.39 is 11.6 Å². The highest BCUT2D eigenvalue weighted by Gasteiger charge is 2.39. The first-order chi connectivity index (χ1) is 9.85. The van der Waals surface area contributed by atoms with Crippen LogP contribution in [0.25, 0.3) is 0 Å². The Morgan fingerprint density at radius 3 is 2.45 bits per heavy atom. The molecule has 0 bridgehead atoms. The zero-order valence-electron chi connectivity index (χ0n) is 13.9. The average Bonchev–Trinajstić information content (AvgIpc) is 2.85. The van der Waals surface area contributed by atoms with Crippen LogP contribution in [0.1, 0.15) is 39.5 Å². The quantitative estimate of drug-likeness (QED) is 0.611. The predicted molar refractivity (Wildman–Crippen MR) is 88.2 cm³/mol. The van der Waals surface area contributed by atoms with Crippen molar-refractivity contribution in [3.63, 3.8) is 0 Å². The molecule has 1 atom stereocenters. The van der Waals surface area contributed by atoms with Crippen LogP contribution in [0.4, 0.5) is 0 Å². The lowest BCUT2D eigenvalue weighted by molar-refractivity contribution is -0.137. The smallest absolute Gasteiger partial charge is 0.242 e. The van der Waals surface area contributed by atoms with Crippen molar-refractivity contribution >= 4 is 18.3 Å². The van der Waals surface area contributed by atoms with Crippen LogP contribution < -0.4 is 5.73 Å². The Bertz CT molecular complexity index is 323. The van der Waals surface area contributed by atoms with Crippen LogP contribution in [0.15, 0.2) is 0 Å². The number of likely N-dealkylation sites (N-methyl/N-ethyl adjacent to an activating group) is 1. The summed E-state index contributed by atoms with van der Waals surface area (Å²) in [6.07, 6.45) is 2.93. The molecule has 1 unspecified atom stereocenters. The second kappa shape index (κ2) is 10.4. The standard InChI is InChI=1S/C15H30N2O4.ClH/c1-12(2)21-9-8-20-11-13(18)10-17(3)14(19)15(16)6-4-5-7-15;/h12-13,18H,4-11,16H2,1-3H3;1H. The van der Waals surface area contributed by atoms with Gasteiger partial charge in [-0.2, -0.15) is 0 Å². The van der Waals surface area contributed by atoms with Crippen LogP contribution in [0.3, 0.4) is 0 Å². The van der Waals surface area contributed by atoms with Crippen molar-refractivity contribution in [3.8, 4) is 0 Å². The number of nitrogens with two attached hydrogens (primary N) is 1. The van der Waals surface area contributed by atoms with Gasteiger partial charge >= 0.3 is 0 Å². The molecule has 1 rings (SSSR count). The van der Waals surface area contributed by atoms with Gasteiger partial charge in [-0.15, -0.1) is 12.4 Å². The zero-order chi connectivity index (χ0) is 15.9. The van der Waals surface area contributed by atoms with E-state index in [2.05, 4.69) is 0 Å². The number of aliphatic hydroxyl groups excluding tert-OH is 1. The van der Waals surface area contributed by atoms with Crippen LogP contribution in [0.5, 0.6) is 0 Å². The van der Waals surface area contributed by atoms with E-state index >= 15 is 0 Å². The minimum absolute atomic E-state index is 0. The molecule has 0 aromatic rings. The van der Waals surface area contributed by atoms with Crippen molar-refractivity contribution in [1.29, 1.82) is 0 Å². The summed E-state index contributed by atoms with van der Waals surface area (Å²) in [6, 6.07) is 0. The van der Waals surface area contributed by atoms with Gasteiger partial charge in [0, 0.05) is 13.6 Å². The highest BCUT2D eigenvalue weighted by atomic mass is 35.5. The molecule has 0 radical (unpaired) electrons. The Labute approximate surface area is 139 Å². The number of aliphatic hydroxyl groups is 1. The minimum Gasteiger partial charge on any atom is -0.389 e. The number of hydrogen-bond donors (Lipinski definition) is 2. The van der Waals surface area contributed by atoms with Gasteiger partial charge < -0.3 is 25.2 Å². The molecular weight excluding hydrogens is 308 g/mol. The Balaban J connectivity index is 0.00000441. The second-order valence-corrected chi connectivity index (χ2v) is 6.20. The maximum Gasteiger partial charge on any atom is 0.242 e. The lowest BCUT2D eigenvalue weighted by Crippen LogP contribution is -2.54. The number of amides is 1. The third-order valence-electron chi connectivity index (χ3n) is 3.74. The number of rotatable bonds is 9. The topological polar surface area (TPSA) is 85.0 Å². The monoisotopic (exact) mass is 338 g/mol. The average molecular weight is 339 g/mol. The molecule has 22 heavy (non-hydrogen) atoms. The molecule has 0 spiro atoms. The molecule has 1 amide bonds. The van der Waals surface area contributed by atoms with Crippen LogP contribution in [-0.2, 0) is 14.3 Å². The van der Waals surface area contributed by atoms with Crippen molar-refractivity contribution < 1.29 is 19.4 Å². The first-order valence-corrected chi connectivity index (χ1v) is 7.77. The summed E-state index contributed by atoms with van der Waals surface area (Å²) in [5.41, 5.74) is 5.39. The predicted octanol–water partition coefficient (Wildman–Crippen LogP) is 0.941. The van der Waals surface area contributed by atoms with E-state index in [0.717, 1.165) is 25.7 Å². The normalized spacial score (nSPS) is 18.1. The Hall–Kier alpha value is -0.400. The maximum atomic E-state index is 12.3. The lowest BCUT2D eigenvalue weighted by atomic mass is 9.97. The van der Waals surface area contributed by atoms with Crippen molar-refractivity contribution in [2.24, 2.45) is 5.73 Å². The van der Waals surface area contributed by atoms with Gasteiger partial charge in [0.15, 0.2) is 0 Å². The van der Waals surface area contributed by atoms with Crippen LogP contribution in [-0.4, -0.2) is 67.1 Å². The van der Waals surface area contributed by atoms with E-state index in [4.69, 9.17) is 15.2 Å². The molecule has 1 aliphatic rings. The third-order valence-corrected chi connectivity index (χ3v) is 3.74. The van der Waals surface area contributed by atoms with E-state index in [0.29, 0.717) is 13.2 Å². The number of hydrogen-bond acceptors (Lipinski definition) is 5. The summed E-state index contributed by atoms with van der Waals surface area (Å²) in [4.78, 5) is 13.8. The fraction of sp³-hybridized carbons (Fsp3) is 0.933. The van der Waals surface area contributed by atoms with Crippen molar-refractivity contribution in [2.45, 2.75) is 57.3 Å². The Morgan fingerprint density at radius 1 is 1.32 bits per heavy atom. The fourth-order valence-electron chi connectivity index (χ4n) is 2.61. The molecule has 132 valence electrons. The summed E-state index contributed by atoms with van der Waals surface area (Å²) in [5.74, 6) is -0.0813. The lowest BCUT2D eigenvalue weighted by Gasteiger charge is -2.30. The van der Waals surface area contributed by atoms with Gasteiger partial charge in [-0.3, -0.25) is 4.79 Å². The highest BCUT2D eigenvalue weighted by molar-refractivity contribution is 5.86. The van der Waals surface area contributed by atoms with E-state index in [1.807, 2.05) is 13.8 Å². The van der Waals surface area contributed by atoms with E-state index in [1.165, 1.54) is 4.90 Å². The molecule has 0 aromatic carbocycles. The van der Waals surface area contributed by atoms with Crippen LogP contribution >= 0.6 is 12.4 Å². The van der Waals surface area contributed by atoms with E-state index in [9.17, 15) is 9.90 Å².